The van der Waals surface area contributed by atoms with E-state index in [1.807, 2.05) is 0 Å². The lowest BCUT2D eigenvalue weighted by atomic mass is 10.2. The number of amides is 1. The Kier molecular flexibility index (Phi) is 6.84. The van der Waals surface area contributed by atoms with Gasteiger partial charge in [-0.2, -0.15) is 13.2 Å². The van der Waals surface area contributed by atoms with Gasteiger partial charge in [0.05, 0.1) is 12.2 Å². The minimum atomic E-state index is -4.41. The third-order valence-electron chi connectivity index (χ3n) is 4.93. The molecule has 29 heavy (non-hydrogen) atoms. The first-order valence-electron chi connectivity index (χ1n) is 9.71. The number of alkyl halides is 3. The quantitative estimate of drug-likeness (QED) is 0.641. The number of furan rings is 1. The number of carbonyl (C=O) groups is 1. The van der Waals surface area contributed by atoms with E-state index in [0.29, 0.717) is 31.0 Å². The lowest BCUT2D eigenvalue weighted by Crippen LogP contribution is -2.48. The smallest absolute Gasteiger partial charge is 0.419 e. The highest BCUT2D eigenvalue weighted by Gasteiger charge is 2.34. The lowest BCUT2D eigenvalue weighted by molar-refractivity contribution is -0.138. The molecule has 158 valence electrons. The minimum absolute atomic E-state index is 0.0884. The Morgan fingerprint density at radius 3 is 2.45 bits per heavy atom. The predicted molar refractivity (Wildman–Crippen MR) is 102 cm³/mol. The number of piperazine rings is 1. The summed E-state index contributed by atoms with van der Waals surface area (Å²) in [5.74, 6) is 0.870. The Balaban J connectivity index is 1.35. The predicted octanol–water partition coefficient (Wildman–Crippen LogP) is 4.22. The van der Waals surface area contributed by atoms with Crippen LogP contribution in [0.5, 0.6) is 5.75 Å². The first kappa shape index (κ1) is 21.2. The number of aryl methyl sites for hydroxylation is 1. The highest BCUT2D eigenvalue weighted by atomic mass is 19.4. The van der Waals surface area contributed by atoms with Gasteiger partial charge in [0.15, 0.2) is 5.76 Å². The van der Waals surface area contributed by atoms with Gasteiger partial charge in [-0.15, -0.1) is 0 Å². The Labute approximate surface area is 168 Å². The van der Waals surface area contributed by atoms with Gasteiger partial charge < -0.3 is 14.1 Å². The molecule has 1 amide bonds. The zero-order chi connectivity index (χ0) is 20.9. The molecule has 0 spiro atoms. The fourth-order valence-corrected chi connectivity index (χ4v) is 3.33. The number of unbranched alkanes of at least 4 members (excludes halogenated alkanes) is 1. The van der Waals surface area contributed by atoms with Gasteiger partial charge in [-0.05, 0) is 50.6 Å². The monoisotopic (exact) mass is 410 g/mol. The summed E-state index contributed by atoms with van der Waals surface area (Å²) in [6.07, 6.45) is -2.93. The molecule has 1 aliphatic heterocycles. The summed E-state index contributed by atoms with van der Waals surface area (Å²) in [5, 5.41) is 0. The third-order valence-corrected chi connectivity index (χ3v) is 4.93. The van der Waals surface area contributed by atoms with Gasteiger partial charge >= 0.3 is 6.18 Å². The van der Waals surface area contributed by atoms with E-state index < -0.39 is 11.7 Å². The molecule has 2 aromatic rings. The largest absolute Gasteiger partial charge is 0.493 e. The third kappa shape index (κ3) is 5.76. The highest BCUT2D eigenvalue weighted by Crippen LogP contribution is 2.35. The Hall–Kier alpha value is -2.48. The van der Waals surface area contributed by atoms with Crippen molar-refractivity contribution in [3.05, 3.63) is 53.5 Å². The van der Waals surface area contributed by atoms with Crippen LogP contribution in [0.1, 0.15) is 34.7 Å². The first-order chi connectivity index (χ1) is 13.8. The Morgan fingerprint density at radius 2 is 1.79 bits per heavy atom. The molecule has 0 atom stereocenters. The molecule has 1 aromatic heterocycles. The summed E-state index contributed by atoms with van der Waals surface area (Å²) in [4.78, 5) is 16.4. The summed E-state index contributed by atoms with van der Waals surface area (Å²) in [5.41, 5.74) is -0.743. The molecule has 0 saturated carbocycles. The van der Waals surface area contributed by atoms with Gasteiger partial charge in [-0.25, -0.2) is 0 Å². The van der Waals surface area contributed by atoms with Crippen LogP contribution in [0, 0.1) is 6.92 Å². The van der Waals surface area contributed by atoms with Crippen molar-refractivity contribution < 1.29 is 27.1 Å². The zero-order valence-electron chi connectivity index (χ0n) is 16.4. The standard InChI is InChI=1S/C21H25F3N2O3/c1-16-8-9-19(29-16)20(27)26-13-11-25(12-14-26)10-4-5-15-28-18-7-3-2-6-17(18)21(22,23)24/h2-3,6-9H,4-5,10-15H2,1H3. The van der Waals surface area contributed by atoms with Gasteiger partial charge in [-0.3, -0.25) is 9.69 Å². The van der Waals surface area contributed by atoms with Crippen LogP contribution in [0.2, 0.25) is 0 Å². The number of rotatable bonds is 7. The molecule has 3 rings (SSSR count). The number of benzene rings is 1. The summed E-state index contributed by atoms with van der Waals surface area (Å²) >= 11 is 0. The highest BCUT2D eigenvalue weighted by molar-refractivity contribution is 5.91. The maximum atomic E-state index is 12.9. The van der Waals surface area contributed by atoms with E-state index in [4.69, 9.17) is 9.15 Å². The van der Waals surface area contributed by atoms with E-state index in [9.17, 15) is 18.0 Å². The number of para-hydroxylation sites is 1. The lowest BCUT2D eigenvalue weighted by Gasteiger charge is -2.34. The molecule has 1 aromatic carbocycles. The number of carbonyl (C=O) groups excluding carboxylic acids is 1. The van der Waals surface area contributed by atoms with Crippen LogP contribution in [0.3, 0.4) is 0 Å². The van der Waals surface area contributed by atoms with Gasteiger partial charge in [0, 0.05) is 26.2 Å². The molecule has 0 radical (unpaired) electrons. The number of ether oxygens (including phenoxy) is 1. The second-order valence-corrected chi connectivity index (χ2v) is 7.09. The molecule has 2 heterocycles. The number of nitrogens with zero attached hydrogens (tertiary/aromatic N) is 2. The van der Waals surface area contributed by atoms with Crippen LogP contribution >= 0.6 is 0 Å². The maximum absolute atomic E-state index is 12.9. The molecule has 0 aliphatic carbocycles. The average Bonchev–Trinajstić information content (AvgIpc) is 3.13. The number of hydrogen-bond acceptors (Lipinski definition) is 4. The minimum Gasteiger partial charge on any atom is -0.493 e. The molecule has 0 N–H and O–H groups in total. The summed E-state index contributed by atoms with van der Waals surface area (Å²) in [7, 11) is 0. The fourth-order valence-electron chi connectivity index (χ4n) is 3.33. The second-order valence-electron chi connectivity index (χ2n) is 7.09. The summed E-state index contributed by atoms with van der Waals surface area (Å²) in [6.45, 7) is 5.67. The van der Waals surface area contributed by atoms with Crippen molar-refractivity contribution in [2.45, 2.75) is 25.9 Å². The normalized spacial score (nSPS) is 15.5. The van der Waals surface area contributed by atoms with Crippen LogP contribution in [0.4, 0.5) is 13.2 Å². The second kappa shape index (κ2) is 9.35. The van der Waals surface area contributed by atoms with Crippen molar-refractivity contribution in [3.63, 3.8) is 0 Å². The molecular formula is C21H25F3N2O3. The zero-order valence-corrected chi connectivity index (χ0v) is 16.4. The van der Waals surface area contributed by atoms with Gasteiger partial charge in [-0.1, -0.05) is 12.1 Å². The topological polar surface area (TPSA) is 45.9 Å². The molecule has 5 nitrogen and oxygen atoms in total. The SMILES string of the molecule is Cc1ccc(C(=O)N2CCN(CCCCOc3ccccc3C(F)(F)F)CC2)o1. The van der Waals surface area contributed by atoms with Gasteiger partial charge in [0.1, 0.15) is 11.5 Å². The van der Waals surface area contributed by atoms with Gasteiger partial charge in [0.2, 0.25) is 0 Å². The van der Waals surface area contributed by atoms with E-state index >= 15 is 0 Å². The van der Waals surface area contributed by atoms with Crippen molar-refractivity contribution in [1.29, 1.82) is 0 Å². The van der Waals surface area contributed by atoms with Gasteiger partial charge in [0.25, 0.3) is 5.91 Å². The molecular weight excluding hydrogens is 385 g/mol. The molecule has 8 heteroatoms. The maximum Gasteiger partial charge on any atom is 0.419 e. The van der Waals surface area contributed by atoms with Crippen LogP contribution in [0.15, 0.2) is 40.8 Å². The van der Waals surface area contributed by atoms with E-state index in [0.717, 1.165) is 32.1 Å². The van der Waals surface area contributed by atoms with Crippen LogP contribution < -0.4 is 4.74 Å². The fraction of sp³-hybridized carbons (Fsp3) is 0.476. The number of hydrogen-bond donors (Lipinski definition) is 0. The summed E-state index contributed by atoms with van der Waals surface area (Å²) in [6, 6.07) is 8.74. The van der Waals surface area contributed by atoms with Crippen LogP contribution in [-0.4, -0.2) is 55.0 Å². The number of halogens is 3. The Bertz CT molecular complexity index is 811. The van der Waals surface area contributed by atoms with Crippen molar-refractivity contribution in [2.75, 3.05) is 39.3 Å². The van der Waals surface area contributed by atoms with Crippen molar-refractivity contribution >= 4 is 5.91 Å². The molecule has 1 aliphatic rings. The van der Waals surface area contributed by atoms with Crippen LogP contribution in [-0.2, 0) is 6.18 Å². The van der Waals surface area contributed by atoms with E-state index in [1.165, 1.54) is 18.2 Å². The first-order valence-corrected chi connectivity index (χ1v) is 9.71. The van der Waals surface area contributed by atoms with Crippen LogP contribution in [0.25, 0.3) is 0 Å². The van der Waals surface area contributed by atoms with E-state index in [1.54, 1.807) is 24.0 Å². The van der Waals surface area contributed by atoms with E-state index in [2.05, 4.69) is 4.90 Å². The van der Waals surface area contributed by atoms with Crippen molar-refractivity contribution in [3.8, 4) is 5.75 Å². The van der Waals surface area contributed by atoms with Crippen molar-refractivity contribution in [2.24, 2.45) is 0 Å². The average molecular weight is 410 g/mol. The molecule has 0 unspecified atom stereocenters. The molecule has 1 saturated heterocycles. The van der Waals surface area contributed by atoms with Crippen molar-refractivity contribution in [1.82, 2.24) is 9.80 Å². The molecule has 1 fully saturated rings. The van der Waals surface area contributed by atoms with E-state index in [-0.39, 0.29) is 18.3 Å². The molecule has 0 bridgehead atoms. The Morgan fingerprint density at radius 1 is 1.07 bits per heavy atom. The summed E-state index contributed by atoms with van der Waals surface area (Å²) < 4.78 is 49.6.